The molecule has 0 radical (unpaired) electrons. The van der Waals surface area contributed by atoms with Crippen LogP contribution in [-0.4, -0.2) is 86.1 Å². The van der Waals surface area contributed by atoms with Crippen molar-refractivity contribution in [2.24, 2.45) is 23.7 Å². The van der Waals surface area contributed by atoms with Crippen LogP contribution in [0.25, 0.3) is 22.5 Å². The molecule has 2 aromatic carbocycles. The zero-order valence-electron chi connectivity index (χ0n) is 35.3. The lowest BCUT2D eigenvalue weighted by Crippen LogP contribution is -2.53. The summed E-state index contributed by atoms with van der Waals surface area (Å²) in [5, 5.41) is 2.80. The highest BCUT2D eigenvalue weighted by Gasteiger charge is 2.50. The smallest absolute Gasteiger partial charge is 0.407 e. The number of fused-ring (bicyclic) bond motifs is 4. The number of nitrogens with one attached hydrogen (secondary N) is 3. The van der Waals surface area contributed by atoms with E-state index in [1.807, 2.05) is 45.0 Å². The predicted octanol–water partition coefficient (Wildman–Crippen LogP) is 7.90. The summed E-state index contributed by atoms with van der Waals surface area (Å²) in [7, 11) is 3.00. The first-order valence-electron chi connectivity index (χ1n) is 21.9. The zero-order valence-corrected chi connectivity index (χ0v) is 35.3. The fraction of sp³-hybridized carbons (Fsp3) is 0.553. The van der Waals surface area contributed by atoms with Crippen molar-refractivity contribution in [2.75, 3.05) is 14.2 Å². The molecule has 2 aliphatic heterocycles. The van der Waals surface area contributed by atoms with Crippen molar-refractivity contribution >= 4 is 17.9 Å². The Labute approximate surface area is 347 Å². The quantitative estimate of drug-likeness (QED) is 0.130. The monoisotopic (exact) mass is 801 g/mol. The molecule has 59 heavy (non-hydrogen) atoms. The van der Waals surface area contributed by atoms with Crippen LogP contribution in [0.4, 0.5) is 4.79 Å². The van der Waals surface area contributed by atoms with Crippen molar-refractivity contribution in [1.82, 2.24) is 35.1 Å². The Kier molecular flexibility index (Phi) is 10.6. The molecular weight excluding hydrogens is 743 g/mol. The normalized spacial score (nSPS) is 25.9. The number of ether oxygens (including phenoxy) is 2. The molecule has 4 heterocycles. The van der Waals surface area contributed by atoms with Crippen LogP contribution >= 0.6 is 0 Å². The van der Waals surface area contributed by atoms with Gasteiger partial charge in [0.05, 0.1) is 55.0 Å². The van der Waals surface area contributed by atoms with E-state index in [9.17, 15) is 14.4 Å². The molecule has 0 bridgehead atoms. The molecule has 0 spiro atoms. The van der Waals surface area contributed by atoms with Gasteiger partial charge in [-0.3, -0.25) is 9.59 Å². The summed E-state index contributed by atoms with van der Waals surface area (Å²) in [5.41, 5.74) is 9.34. The highest BCUT2D eigenvalue weighted by molar-refractivity contribution is 5.87. The Morgan fingerprint density at radius 1 is 0.712 bits per heavy atom. The number of amides is 3. The van der Waals surface area contributed by atoms with Gasteiger partial charge in [-0.1, -0.05) is 57.9 Å². The van der Waals surface area contributed by atoms with E-state index in [1.165, 1.54) is 42.2 Å². The van der Waals surface area contributed by atoms with Crippen molar-refractivity contribution in [3.05, 3.63) is 82.7 Å². The van der Waals surface area contributed by atoms with Crippen LogP contribution < -0.4 is 5.32 Å². The van der Waals surface area contributed by atoms with E-state index >= 15 is 0 Å². The van der Waals surface area contributed by atoms with Crippen LogP contribution in [0, 0.1) is 23.7 Å². The van der Waals surface area contributed by atoms with Gasteiger partial charge in [-0.2, -0.15) is 0 Å². The van der Waals surface area contributed by atoms with Crippen LogP contribution in [0.2, 0.25) is 0 Å². The highest BCUT2D eigenvalue weighted by atomic mass is 16.5. The van der Waals surface area contributed by atoms with E-state index in [0.717, 1.165) is 85.5 Å². The third-order valence-corrected chi connectivity index (χ3v) is 14.7. The maximum Gasteiger partial charge on any atom is 0.407 e. The molecule has 12 heteroatoms. The van der Waals surface area contributed by atoms with Crippen molar-refractivity contribution in [3.8, 4) is 22.5 Å². The van der Waals surface area contributed by atoms with Gasteiger partial charge >= 0.3 is 6.09 Å². The average molecular weight is 802 g/mol. The van der Waals surface area contributed by atoms with Gasteiger partial charge in [-0.05, 0) is 122 Å². The SMILES string of the molecule is COC(=O)N[C@H](C(=O)N1[C@H](c2ncc(-c3ccc4c(c3)Cc3ccc(-c5cnc([C@@H]6C[C@H]7CCC[C@H]7N6C(=O)[C@H](C)[C@H](C)OC)[nH]5)cc3C4)[nH]2)C[C@@H]2CCC[C@@H]21)C(C)C. The summed E-state index contributed by atoms with van der Waals surface area (Å²) >= 11 is 0. The number of methoxy groups -OCH3 is 2. The molecule has 12 nitrogen and oxygen atoms in total. The van der Waals surface area contributed by atoms with Crippen molar-refractivity contribution in [1.29, 1.82) is 0 Å². The lowest BCUT2D eigenvalue weighted by atomic mass is 9.84. The number of alkyl carbamates (subject to hydrolysis) is 1. The zero-order chi connectivity index (χ0) is 41.1. The molecule has 5 aliphatic rings. The summed E-state index contributed by atoms with van der Waals surface area (Å²) in [5.74, 6) is 2.42. The molecule has 2 saturated carbocycles. The first-order chi connectivity index (χ1) is 28.5. The molecule has 312 valence electrons. The molecule has 4 fully saturated rings. The fourth-order valence-corrected chi connectivity index (χ4v) is 11.2. The van der Waals surface area contributed by atoms with Crippen LogP contribution in [0.1, 0.15) is 125 Å². The number of carbonyl (C=O) groups excluding carboxylic acids is 3. The molecule has 2 aromatic heterocycles. The Bertz CT molecular complexity index is 2230. The lowest BCUT2D eigenvalue weighted by molar-refractivity contribution is -0.142. The molecule has 9 rings (SSSR count). The van der Waals surface area contributed by atoms with Crippen molar-refractivity contribution < 1.29 is 23.9 Å². The van der Waals surface area contributed by atoms with E-state index in [0.29, 0.717) is 11.8 Å². The summed E-state index contributed by atoms with van der Waals surface area (Å²) in [6.07, 6.45) is 13.2. The molecule has 3 N–H and O–H groups in total. The lowest BCUT2D eigenvalue weighted by Gasteiger charge is -2.33. The molecular formula is C47H59N7O5. The molecule has 4 aromatic rings. The van der Waals surface area contributed by atoms with Gasteiger partial charge in [-0.15, -0.1) is 0 Å². The Balaban J connectivity index is 0.912. The third kappa shape index (κ3) is 7.14. The molecule has 2 saturated heterocycles. The number of carbonyl (C=O) groups is 3. The van der Waals surface area contributed by atoms with Gasteiger partial charge in [0, 0.05) is 19.2 Å². The number of benzene rings is 2. The number of nitrogens with zero attached hydrogens (tertiary/aromatic N) is 4. The van der Waals surface area contributed by atoms with Crippen molar-refractivity contribution in [2.45, 2.75) is 128 Å². The number of hydrogen-bond acceptors (Lipinski definition) is 7. The van der Waals surface area contributed by atoms with Gasteiger partial charge < -0.3 is 34.6 Å². The van der Waals surface area contributed by atoms with Gasteiger partial charge in [0.2, 0.25) is 11.8 Å². The van der Waals surface area contributed by atoms with Crippen LogP contribution in [0.15, 0.2) is 48.8 Å². The minimum atomic E-state index is -0.672. The standard InChI is InChI=1S/C47H59N7O5/c1-25(2)42(52-47(57)59-6)46(56)54-39-12-8-10-33(39)22-41(54)44-49-24-37(51-44)31-16-14-29-17-34-19-30(15-13-28(34)18-35(29)20-31)36-23-48-43(50-36)40-21-32-9-7-11-38(32)53(40)45(55)26(3)27(4)58-5/h13-16,19-20,23-27,32-33,38-42H,7-12,17-18,21-22H2,1-6H3,(H,48,50)(H,49,51)(H,52,57)/t26-,27+,32-,33+,38-,39+,40+,41+,42+/m1/s1. The Morgan fingerprint density at radius 2 is 1.22 bits per heavy atom. The number of likely N-dealkylation sites (tertiary alicyclic amines) is 2. The summed E-state index contributed by atoms with van der Waals surface area (Å²) in [6, 6.07) is 13.0. The minimum absolute atomic E-state index is 0.0467. The number of imidazole rings is 2. The average Bonchev–Trinajstić information content (AvgIpc) is 4.09. The van der Waals surface area contributed by atoms with Crippen LogP contribution in [-0.2, 0) is 31.9 Å². The molecule has 9 atom stereocenters. The number of aromatic nitrogens is 4. The fourth-order valence-electron chi connectivity index (χ4n) is 11.2. The summed E-state index contributed by atoms with van der Waals surface area (Å²) in [4.78, 5) is 61.5. The first kappa shape index (κ1) is 39.5. The second-order valence-electron chi connectivity index (χ2n) is 18.3. The number of aromatic amines is 2. The predicted molar refractivity (Wildman–Crippen MR) is 224 cm³/mol. The summed E-state index contributed by atoms with van der Waals surface area (Å²) < 4.78 is 10.4. The van der Waals surface area contributed by atoms with E-state index in [2.05, 4.69) is 56.6 Å². The Hall–Kier alpha value is -4.97. The second kappa shape index (κ2) is 15.9. The van der Waals surface area contributed by atoms with E-state index in [1.54, 1.807) is 7.11 Å². The molecule has 3 aliphatic carbocycles. The molecule has 3 amide bonds. The maximum absolute atomic E-state index is 14.2. The number of rotatable bonds is 10. The van der Waals surface area contributed by atoms with Crippen LogP contribution in [0.5, 0.6) is 0 Å². The second-order valence-corrected chi connectivity index (χ2v) is 18.3. The first-order valence-corrected chi connectivity index (χ1v) is 21.9. The topological polar surface area (TPSA) is 146 Å². The van der Waals surface area contributed by atoms with Crippen LogP contribution in [0.3, 0.4) is 0 Å². The number of H-pyrrole nitrogens is 2. The largest absolute Gasteiger partial charge is 0.453 e. The van der Waals surface area contributed by atoms with Gasteiger partial charge in [0.25, 0.3) is 0 Å². The van der Waals surface area contributed by atoms with Gasteiger partial charge in [0.15, 0.2) is 0 Å². The van der Waals surface area contributed by atoms with Gasteiger partial charge in [-0.25, -0.2) is 14.8 Å². The van der Waals surface area contributed by atoms with E-state index in [4.69, 9.17) is 19.4 Å². The van der Waals surface area contributed by atoms with Gasteiger partial charge in [0.1, 0.15) is 17.7 Å². The highest BCUT2D eigenvalue weighted by Crippen LogP contribution is 2.49. The third-order valence-electron chi connectivity index (χ3n) is 14.7. The van der Waals surface area contributed by atoms with E-state index < -0.39 is 12.1 Å². The van der Waals surface area contributed by atoms with E-state index in [-0.39, 0.29) is 53.9 Å². The van der Waals surface area contributed by atoms with Crippen molar-refractivity contribution in [3.63, 3.8) is 0 Å². The minimum Gasteiger partial charge on any atom is -0.453 e. The number of hydrogen-bond donors (Lipinski definition) is 3. The Morgan fingerprint density at radius 3 is 1.69 bits per heavy atom. The summed E-state index contributed by atoms with van der Waals surface area (Å²) in [6.45, 7) is 7.87. The maximum atomic E-state index is 14.2. The molecule has 0 unspecified atom stereocenters.